The number of H-pyrrole nitrogens is 1. The van der Waals surface area contributed by atoms with Crippen molar-refractivity contribution in [1.29, 1.82) is 0 Å². The number of imide groups is 1. The van der Waals surface area contributed by atoms with Crippen LogP contribution in [-0.2, 0) is 14.4 Å². The number of aromatic amines is 1. The van der Waals surface area contributed by atoms with Crippen molar-refractivity contribution in [2.45, 2.75) is 22.6 Å². The number of nitrogens with zero attached hydrogens (tertiary/aromatic N) is 1. The van der Waals surface area contributed by atoms with E-state index in [-0.39, 0.29) is 64.0 Å². The Morgan fingerprint density at radius 2 is 1.63 bits per heavy atom. The van der Waals surface area contributed by atoms with Crippen LogP contribution < -0.4 is 19.8 Å². The molecule has 3 heterocycles. The minimum atomic E-state index is -0.397. The van der Waals surface area contributed by atoms with Gasteiger partial charge in [0, 0.05) is 26.8 Å². The number of thioether (sulfide) groups is 1. The Kier molecular flexibility index (Phi) is 7.49. The number of nitrogens with one attached hydrogen (secondary N) is 2. The van der Waals surface area contributed by atoms with Crippen LogP contribution in [0.3, 0.4) is 0 Å². The summed E-state index contributed by atoms with van der Waals surface area (Å²) in [5.74, 6) is -0.935. The summed E-state index contributed by atoms with van der Waals surface area (Å²) in [6.07, 6.45) is 0.800. The maximum Gasteiger partial charge on any atom is 0.305 e. The lowest BCUT2D eigenvalue weighted by Gasteiger charge is -2.43. The number of fused-ring (bicyclic) bond motifs is 9. The van der Waals surface area contributed by atoms with Gasteiger partial charge in [-0.3, -0.25) is 24.1 Å². The maximum atomic E-state index is 13.9. The molecule has 3 fully saturated rings. The molecular weight excluding hydrogens is 689 g/mol. The molecule has 3 aromatic carbocycles. The van der Waals surface area contributed by atoms with Gasteiger partial charge in [-0.15, -0.1) is 11.8 Å². The zero-order valence-electron chi connectivity index (χ0n) is 23.7. The van der Waals surface area contributed by atoms with Gasteiger partial charge in [0.1, 0.15) is 5.75 Å². The first kappa shape index (κ1) is 30.1. The Labute approximate surface area is 286 Å². The van der Waals surface area contributed by atoms with Crippen molar-refractivity contribution in [1.82, 2.24) is 4.98 Å². The number of carbonyl (C=O) groups excluding carboxylic acids is 3. The largest absolute Gasteiger partial charge is 0.484 e. The third-order valence-electron chi connectivity index (χ3n) is 9.62. The highest BCUT2D eigenvalue weighted by atomic mass is 35.5. The monoisotopic (exact) mass is 711 g/mol. The average molecular weight is 713 g/mol. The van der Waals surface area contributed by atoms with Gasteiger partial charge in [-0.2, -0.15) is 0 Å². The summed E-state index contributed by atoms with van der Waals surface area (Å²) < 4.78 is 5.77. The number of aromatic nitrogens is 1. The van der Waals surface area contributed by atoms with E-state index in [2.05, 4.69) is 10.3 Å². The lowest BCUT2D eigenvalue weighted by Crippen LogP contribution is -2.42. The highest BCUT2D eigenvalue weighted by Gasteiger charge is 2.69. The fourth-order valence-corrected chi connectivity index (χ4v) is 11.2. The number of benzene rings is 3. The minimum absolute atomic E-state index is 0.00223. The van der Waals surface area contributed by atoms with E-state index in [0.29, 0.717) is 32.2 Å². The predicted octanol–water partition coefficient (Wildman–Crippen LogP) is 7.09. The summed E-state index contributed by atoms with van der Waals surface area (Å²) in [6.45, 7) is -0.207. The van der Waals surface area contributed by atoms with E-state index >= 15 is 0 Å². The molecule has 13 heteroatoms. The lowest BCUT2D eigenvalue weighted by molar-refractivity contribution is -0.123. The molecular formula is C33H24Cl3N3O5S2. The van der Waals surface area contributed by atoms with Crippen LogP contribution in [0.25, 0.3) is 0 Å². The first-order chi connectivity index (χ1) is 22.2. The normalized spacial score (nSPS) is 27.4. The van der Waals surface area contributed by atoms with E-state index in [4.69, 9.17) is 39.5 Å². The second kappa shape index (κ2) is 11.5. The zero-order chi connectivity index (χ0) is 31.9. The molecule has 46 heavy (non-hydrogen) atoms. The highest BCUT2D eigenvalue weighted by molar-refractivity contribution is 8.00. The van der Waals surface area contributed by atoms with Crippen molar-refractivity contribution in [2.24, 2.45) is 29.6 Å². The number of hydrogen-bond acceptors (Lipinski definition) is 7. The molecule has 2 aliphatic carbocycles. The van der Waals surface area contributed by atoms with Gasteiger partial charge in [0.15, 0.2) is 6.61 Å². The molecule has 2 aliphatic heterocycles. The van der Waals surface area contributed by atoms with Crippen LogP contribution in [0.1, 0.15) is 22.8 Å². The summed E-state index contributed by atoms with van der Waals surface area (Å²) >= 11 is 20.9. The van der Waals surface area contributed by atoms with E-state index in [1.807, 2.05) is 24.3 Å². The quantitative estimate of drug-likeness (QED) is 0.207. The van der Waals surface area contributed by atoms with Crippen molar-refractivity contribution in [3.05, 3.63) is 102 Å². The smallest absolute Gasteiger partial charge is 0.305 e. The van der Waals surface area contributed by atoms with Gasteiger partial charge in [0.05, 0.1) is 32.6 Å². The number of halogens is 3. The highest BCUT2D eigenvalue weighted by Crippen LogP contribution is 2.68. The topological polar surface area (TPSA) is 109 Å². The van der Waals surface area contributed by atoms with Crippen LogP contribution in [0, 0.1) is 29.6 Å². The van der Waals surface area contributed by atoms with Gasteiger partial charge in [-0.25, -0.2) is 0 Å². The number of anilines is 2. The van der Waals surface area contributed by atoms with Crippen LogP contribution in [0.15, 0.2) is 76.6 Å². The second-order valence-electron chi connectivity index (χ2n) is 12.0. The molecule has 3 amide bonds. The Bertz CT molecular complexity index is 1960. The fourth-order valence-electron chi connectivity index (χ4n) is 7.93. The van der Waals surface area contributed by atoms with Crippen molar-refractivity contribution in [3.63, 3.8) is 0 Å². The van der Waals surface area contributed by atoms with E-state index in [9.17, 15) is 19.2 Å². The first-order valence-corrected chi connectivity index (χ1v) is 17.5. The van der Waals surface area contributed by atoms with Gasteiger partial charge in [0.2, 0.25) is 11.8 Å². The van der Waals surface area contributed by atoms with E-state index in [1.54, 1.807) is 54.2 Å². The first-order valence-electron chi connectivity index (χ1n) is 14.7. The van der Waals surface area contributed by atoms with Gasteiger partial charge in [0.25, 0.3) is 5.91 Å². The molecule has 234 valence electrons. The van der Waals surface area contributed by atoms with Crippen LogP contribution in [-0.4, -0.2) is 34.6 Å². The molecule has 4 aromatic rings. The Balaban J connectivity index is 1.04. The molecule has 4 aliphatic rings. The molecule has 7 atom stereocenters. The van der Waals surface area contributed by atoms with E-state index in [1.165, 1.54) is 16.2 Å². The lowest BCUT2D eigenvalue weighted by atomic mass is 9.68. The Morgan fingerprint density at radius 3 is 2.35 bits per heavy atom. The Morgan fingerprint density at radius 1 is 0.913 bits per heavy atom. The van der Waals surface area contributed by atoms with E-state index < -0.39 is 5.92 Å². The van der Waals surface area contributed by atoms with Crippen molar-refractivity contribution >= 4 is 87.0 Å². The van der Waals surface area contributed by atoms with Gasteiger partial charge in [-0.1, -0.05) is 58.3 Å². The van der Waals surface area contributed by atoms with Gasteiger partial charge in [-0.05, 0) is 84.3 Å². The molecule has 1 aromatic heterocycles. The minimum Gasteiger partial charge on any atom is -0.484 e. The number of rotatable bonds is 6. The third-order valence-corrected chi connectivity index (χ3v) is 13.2. The number of ether oxygens (including phenoxy) is 1. The molecule has 4 unspecified atom stereocenters. The average Bonchev–Trinajstić information content (AvgIpc) is 3.78. The van der Waals surface area contributed by atoms with Crippen LogP contribution in [0.5, 0.6) is 5.75 Å². The summed E-state index contributed by atoms with van der Waals surface area (Å²) in [5.41, 5.74) is 2.05. The summed E-state index contributed by atoms with van der Waals surface area (Å²) in [5, 5.41) is 4.93. The van der Waals surface area contributed by atoms with Crippen LogP contribution in [0.4, 0.5) is 11.4 Å². The maximum absolute atomic E-state index is 13.9. The van der Waals surface area contributed by atoms with Crippen LogP contribution in [0.2, 0.25) is 15.1 Å². The van der Waals surface area contributed by atoms with Crippen LogP contribution >= 0.6 is 57.9 Å². The number of carbonyl (C=O) groups is 3. The summed E-state index contributed by atoms with van der Waals surface area (Å²) in [7, 11) is 0. The molecule has 2 bridgehead atoms. The predicted molar refractivity (Wildman–Crippen MR) is 179 cm³/mol. The number of amides is 3. The third kappa shape index (κ3) is 4.88. The molecule has 0 radical (unpaired) electrons. The van der Waals surface area contributed by atoms with Crippen molar-refractivity contribution in [2.75, 3.05) is 16.8 Å². The number of hydrogen-bond donors (Lipinski definition) is 2. The summed E-state index contributed by atoms with van der Waals surface area (Å²) in [6, 6.07) is 19.2. The van der Waals surface area contributed by atoms with Gasteiger partial charge >= 0.3 is 4.87 Å². The Hall–Kier alpha value is -3.28. The second-order valence-corrected chi connectivity index (χ2v) is 15.4. The van der Waals surface area contributed by atoms with Crippen molar-refractivity contribution < 1.29 is 19.1 Å². The fraction of sp³-hybridized carbons (Fsp3) is 0.273. The molecule has 8 nitrogen and oxygen atoms in total. The zero-order valence-corrected chi connectivity index (χ0v) is 27.6. The van der Waals surface area contributed by atoms with E-state index in [0.717, 1.165) is 21.9 Å². The molecule has 0 spiro atoms. The van der Waals surface area contributed by atoms with Gasteiger partial charge < -0.3 is 15.0 Å². The number of thiazole rings is 1. The molecule has 2 N–H and O–H groups in total. The summed E-state index contributed by atoms with van der Waals surface area (Å²) in [4.78, 5) is 58.0. The SMILES string of the molecule is O=C(COc1ccc([C@H]2c3sc(=O)[nH]c3SC3C2[C@H]2C[C@@H]3C3C(=O)N(c4ccc(Cl)cc4)C(=O)C32)cc1)Nc1ccc(Cl)c(Cl)c1. The standard InChI is InChI=1S/C33H24Cl3N3O5S2/c34-15-3-6-17(7-4-15)39-31(41)26-19-12-20(27(26)32(39)42)28-25(19)24(29-30(45-28)38-33(43)46-29)14-1-8-18(9-2-14)44-13-23(40)37-16-5-10-21(35)22(36)11-16/h1-11,19-20,24-28H,12-13H2,(H,37,40)(H,38,43)/t19-,20-,24-,25?,26?,27?,28?/m1/s1. The van der Waals surface area contributed by atoms with Crippen molar-refractivity contribution in [3.8, 4) is 5.75 Å². The molecule has 1 saturated heterocycles. The molecule has 2 saturated carbocycles. The molecule has 8 rings (SSSR count).